The largest absolute Gasteiger partial charge is 0.399 e. The maximum Gasteiger partial charge on any atom is 0.253 e. The van der Waals surface area contributed by atoms with E-state index in [4.69, 9.17) is 5.73 Å². The standard InChI is InChI=1S/C15H17N3O/c1-11-4-3-5-14(17-11)10-18(2)15(19)12-6-8-13(16)9-7-12/h3-9H,10,16H2,1-2H3. The fraction of sp³-hybridized carbons (Fsp3) is 0.200. The van der Waals surface area contributed by atoms with E-state index in [2.05, 4.69) is 4.98 Å². The Balaban J connectivity index is 2.09. The number of carbonyl (C=O) groups excluding carboxylic acids is 1. The van der Waals surface area contributed by atoms with Gasteiger partial charge in [-0.25, -0.2) is 0 Å². The molecule has 1 heterocycles. The van der Waals surface area contributed by atoms with Crippen molar-refractivity contribution in [3.05, 3.63) is 59.4 Å². The first-order valence-corrected chi connectivity index (χ1v) is 6.10. The third-order valence-electron chi connectivity index (χ3n) is 2.85. The molecule has 0 unspecified atom stereocenters. The average molecular weight is 255 g/mol. The molecule has 0 spiro atoms. The van der Waals surface area contributed by atoms with Crippen LogP contribution in [0.15, 0.2) is 42.5 Å². The quantitative estimate of drug-likeness (QED) is 0.856. The average Bonchev–Trinajstić information content (AvgIpc) is 2.39. The number of pyridine rings is 1. The molecule has 0 aliphatic heterocycles. The molecule has 0 bridgehead atoms. The lowest BCUT2D eigenvalue weighted by molar-refractivity contribution is 0.0783. The molecular formula is C15H17N3O. The van der Waals surface area contributed by atoms with Crippen LogP contribution in [0.3, 0.4) is 0 Å². The fourth-order valence-electron chi connectivity index (χ4n) is 1.85. The Morgan fingerprint density at radius 1 is 1.21 bits per heavy atom. The van der Waals surface area contributed by atoms with E-state index < -0.39 is 0 Å². The first-order chi connectivity index (χ1) is 9.06. The number of carbonyl (C=O) groups is 1. The Hall–Kier alpha value is -2.36. The molecule has 4 heteroatoms. The minimum atomic E-state index is -0.0386. The van der Waals surface area contributed by atoms with Crippen molar-refractivity contribution in [3.63, 3.8) is 0 Å². The SMILES string of the molecule is Cc1cccc(CN(C)C(=O)c2ccc(N)cc2)n1. The summed E-state index contributed by atoms with van der Waals surface area (Å²) in [6.07, 6.45) is 0. The molecule has 2 rings (SSSR count). The summed E-state index contributed by atoms with van der Waals surface area (Å²) in [5, 5.41) is 0. The number of hydrogen-bond donors (Lipinski definition) is 1. The van der Waals surface area contributed by atoms with Gasteiger partial charge in [-0.05, 0) is 43.3 Å². The minimum Gasteiger partial charge on any atom is -0.399 e. The number of nitrogens with two attached hydrogens (primary N) is 1. The summed E-state index contributed by atoms with van der Waals surface area (Å²) >= 11 is 0. The van der Waals surface area contributed by atoms with Crippen LogP contribution in [0.4, 0.5) is 5.69 Å². The molecule has 1 aromatic carbocycles. The predicted molar refractivity (Wildman–Crippen MR) is 75.6 cm³/mol. The summed E-state index contributed by atoms with van der Waals surface area (Å²) in [6, 6.07) is 12.7. The van der Waals surface area contributed by atoms with Gasteiger partial charge < -0.3 is 10.6 Å². The van der Waals surface area contributed by atoms with Crippen LogP contribution in [0.5, 0.6) is 0 Å². The molecule has 1 amide bonds. The van der Waals surface area contributed by atoms with Crippen LogP contribution in [0, 0.1) is 6.92 Å². The topological polar surface area (TPSA) is 59.2 Å². The number of aryl methyl sites for hydroxylation is 1. The number of nitrogen functional groups attached to an aromatic ring is 1. The first-order valence-electron chi connectivity index (χ1n) is 6.10. The van der Waals surface area contributed by atoms with E-state index in [0.29, 0.717) is 17.8 Å². The van der Waals surface area contributed by atoms with Gasteiger partial charge in [-0.3, -0.25) is 9.78 Å². The zero-order chi connectivity index (χ0) is 13.8. The number of nitrogens with zero attached hydrogens (tertiary/aromatic N) is 2. The van der Waals surface area contributed by atoms with Crippen molar-refractivity contribution < 1.29 is 4.79 Å². The number of aromatic nitrogens is 1. The Morgan fingerprint density at radius 3 is 2.53 bits per heavy atom. The maximum absolute atomic E-state index is 12.2. The summed E-state index contributed by atoms with van der Waals surface area (Å²) in [5.74, 6) is -0.0386. The molecule has 0 fully saturated rings. The summed E-state index contributed by atoms with van der Waals surface area (Å²) < 4.78 is 0. The Labute approximate surface area is 112 Å². The maximum atomic E-state index is 12.2. The van der Waals surface area contributed by atoms with E-state index in [1.54, 1.807) is 36.2 Å². The van der Waals surface area contributed by atoms with Gasteiger partial charge in [0.2, 0.25) is 0 Å². The predicted octanol–water partition coefficient (Wildman–Crippen LogP) is 2.24. The smallest absolute Gasteiger partial charge is 0.253 e. The third kappa shape index (κ3) is 3.31. The van der Waals surface area contributed by atoms with Crippen molar-refractivity contribution >= 4 is 11.6 Å². The molecule has 2 N–H and O–H groups in total. The first kappa shape index (κ1) is 13.1. The third-order valence-corrected chi connectivity index (χ3v) is 2.85. The van der Waals surface area contributed by atoms with Gasteiger partial charge in [0, 0.05) is 24.0 Å². The molecule has 4 nitrogen and oxygen atoms in total. The van der Waals surface area contributed by atoms with Crippen molar-refractivity contribution in [2.24, 2.45) is 0 Å². The lowest BCUT2D eigenvalue weighted by Crippen LogP contribution is -2.26. The van der Waals surface area contributed by atoms with Gasteiger partial charge in [-0.1, -0.05) is 6.07 Å². The van der Waals surface area contributed by atoms with Crippen molar-refractivity contribution in [2.75, 3.05) is 12.8 Å². The van der Waals surface area contributed by atoms with Crippen molar-refractivity contribution in [3.8, 4) is 0 Å². The highest BCUT2D eigenvalue weighted by Crippen LogP contribution is 2.10. The number of anilines is 1. The lowest BCUT2D eigenvalue weighted by atomic mass is 10.2. The molecule has 0 radical (unpaired) electrons. The summed E-state index contributed by atoms with van der Waals surface area (Å²) in [4.78, 5) is 18.2. The van der Waals surface area contributed by atoms with E-state index in [1.165, 1.54) is 0 Å². The summed E-state index contributed by atoms with van der Waals surface area (Å²) in [6.45, 7) is 2.43. The van der Waals surface area contributed by atoms with Crippen LogP contribution < -0.4 is 5.73 Å². The second kappa shape index (κ2) is 5.52. The van der Waals surface area contributed by atoms with Crippen LogP contribution >= 0.6 is 0 Å². The number of benzene rings is 1. The normalized spacial score (nSPS) is 10.2. The molecule has 0 saturated carbocycles. The summed E-state index contributed by atoms with van der Waals surface area (Å²) in [7, 11) is 1.77. The second-order valence-electron chi connectivity index (χ2n) is 4.55. The minimum absolute atomic E-state index is 0.0386. The van der Waals surface area contributed by atoms with Crippen LogP contribution in [0.2, 0.25) is 0 Å². The van der Waals surface area contributed by atoms with Crippen molar-refractivity contribution in [2.45, 2.75) is 13.5 Å². The lowest BCUT2D eigenvalue weighted by Gasteiger charge is -2.17. The molecule has 0 saturated heterocycles. The zero-order valence-corrected chi connectivity index (χ0v) is 11.1. The summed E-state index contributed by atoms with van der Waals surface area (Å²) in [5.41, 5.74) is 8.72. The van der Waals surface area contributed by atoms with Crippen LogP contribution in [-0.4, -0.2) is 22.8 Å². The van der Waals surface area contributed by atoms with Gasteiger partial charge in [-0.2, -0.15) is 0 Å². The highest BCUT2D eigenvalue weighted by atomic mass is 16.2. The Morgan fingerprint density at radius 2 is 1.89 bits per heavy atom. The van der Waals surface area contributed by atoms with E-state index in [0.717, 1.165) is 11.4 Å². The molecule has 0 atom stereocenters. The molecule has 19 heavy (non-hydrogen) atoms. The number of hydrogen-bond acceptors (Lipinski definition) is 3. The van der Waals surface area contributed by atoms with Crippen molar-refractivity contribution in [1.29, 1.82) is 0 Å². The fourth-order valence-corrected chi connectivity index (χ4v) is 1.85. The molecule has 98 valence electrons. The van der Waals surface area contributed by atoms with Crippen molar-refractivity contribution in [1.82, 2.24) is 9.88 Å². The van der Waals surface area contributed by atoms with Gasteiger partial charge >= 0.3 is 0 Å². The van der Waals surface area contributed by atoms with Gasteiger partial charge in [0.05, 0.1) is 12.2 Å². The molecule has 0 aliphatic rings. The molecule has 1 aromatic heterocycles. The monoisotopic (exact) mass is 255 g/mol. The highest BCUT2D eigenvalue weighted by molar-refractivity contribution is 5.94. The van der Waals surface area contributed by atoms with E-state index in [9.17, 15) is 4.79 Å². The Bertz CT molecular complexity index is 578. The van der Waals surface area contributed by atoms with E-state index in [-0.39, 0.29) is 5.91 Å². The second-order valence-corrected chi connectivity index (χ2v) is 4.55. The number of rotatable bonds is 3. The number of amides is 1. The van der Waals surface area contributed by atoms with Gasteiger partial charge in [0.15, 0.2) is 0 Å². The zero-order valence-electron chi connectivity index (χ0n) is 11.1. The molecule has 2 aromatic rings. The highest BCUT2D eigenvalue weighted by Gasteiger charge is 2.12. The van der Waals surface area contributed by atoms with Gasteiger partial charge in [0.25, 0.3) is 5.91 Å². The Kier molecular flexibility index (Phi) is 3.80. The molecule has 0 aliphatic carbocycles. The van der Waals surface area contributed by atoms with Crippen LogP contribution in [0.1, 0.15) is 21.7 Å². The molecular weight excluding hydrogens is 238 g/mol. The van der Waals surface area contributed by atoms with Gasteiger partial charge in [-0.15, -0.1) is 0 Å². The van der Waals surface area contributed by atoms with E-state index >= 15 is 0 Å². The van der Waals surface area contributed by atoms with Crippen LogP contribution in [0.25, 0.3) is 0 Å². The van der Waals surface area contributed by atoms with E-state index in [1.807, 2.05) is 25.1 Å². The van der Waals surface area contributed by atoms with Gasteiger partial charge in [0.1, 0.15) is 0 Å². The van der Waals surface area contributed by atoms with Crippen LogP contribution in [-0.2, 0) is 6.54 Å².